The summed E-state index contributed by atoms with van der Waals surface area (Å²) in [5.74, 6) is 0.757. The number of rotatable bonds is 6. The molecule has 1 aromatic carbocycles. The molecule has 0 spiro atoms. The number of benzene rings is 1. The summed E-state index contributed by atoms with van der Waals surface area (Å²) in [6, 6.07) is 13.7. The number of nitrogens with zero attached hydrogens (tertiary/aromatic N) is 6. The first-order valence-electron chi connectivity index (χ1n) is 12.9. The van der Waals surface area contributed by atoms with Crippen molar-refractivity contribution in [2.75, 3.05) is 43.4 Å². The Bertz CT molecular complexity index is 1430. The van der Waals surface area contributed by atoms with E-state index in [1.165, 1.54) is 5.69 Å². The van der Waals surface area contributed by atoms with Crippen molar-refractivity contribution in [1.82, 2.24) is 24.4 Å². The number of likely N-dealkylation sites (N-methyl/N-ethyl adjacent to an activating group) is 1. The Morgan fingerprint density at radius 1 is 1.00 bits per heavy atom. The topological polar surface area (TPSA) is 82.3 Å². The SMILES string of the molecule is CN1CCN(c2ccc(Nc3ncc4c(F)c(C5CC5)n(-c5cccc(C(C)(C)O)n5)c4n3)cc2)CC1. The van der Waals surface area contributed by atoms with Crippen molar-refractivity contribution in [1.29, 1.82) is 0 Å². The highest BCUT2D eigenvalue weighted by Gasteiger charge is 2.34. The predicted octanol–water partition coefficient (Wildman–Crippen LogP) is 4.55. The molecule has 9 heteroatoms. The van der Waals surface area contributed by atoms with Crippen molar-refractivity contribution in [2.24, 2.45) is 0 Å². The zero-order valence-electron chi connectivity index (χ0n) is 21.4. The summed E-state index contributed by atoms with van der Waals surface area (Å²) in [7, 11) is 2.15. The molecule has 1 aliphatic heterocycles. The number of halogens is 1. The van der Waals surface area contributed by atoms with Gasteiger partial charge < -0.3 is 20.2 Å². The van der Waals surface area contributed by atoms with Crippen LogP contribution in [-0.4, -0.2) is 62.8 Å². The van der Waals surface area contributed by atoms with E-state index in [1.54, 1.807) is 30.7 Å². The number of nitrogens with one attached hydrogen (secondary N) is 1. The number of hydrogen-bond donors (Lipinski definition) is 2. The third kappa shape index (κ3) is 4.65. The van der Waals surface area contributed by atoms with E-state index < -0.39 is 5.60 Å². The first-order valence-corrected chi connectivity index (χ1v) is 12.9. The van der Waals surface area contributed by atoms with E-state index in [1.807, 2.05) is 24.3 Å². The molecule has 2 fully saturated rings. The normalized spacial score (nSPS) is 16.9. The van der Waals surface area contributed by atoms with E-state index in [4.69, 9.17) is 4.98 Å². The number of aromatic nitrogens is 4. The number of hydrogen-bond acceptors (Lipinski definition) is 7. The zero-order chi connectivity index (χ0) is 25.7. The Morgan fingerprint density at radius 2 is 1.73 bits per heavy atom. The highest BCUT2D eigenvalue weighted by atomic mass is 19.1. The van der Waals surface area contributed by atoms with E-state index in [0.717, 1.165) is 44.7 Å². The number of aliphatic hydroxyl groups is 1. The third-order valence-electron chi connectivity index (χ3n) is 7.23. The number of fused-ring (bicyclic) bond motifs is 1. The van der Waals surface area contributed by atoms with E-state index in [9.17, 15) is 5.11 Å². The first-order chi connectivity index (χ1) is 17.8. The molecule has 4 heterocycles. The van der Waals surface area contributed by atoms with E-state index in [0.29, 0.717) is 34.2 Å². The monoisotopic (exact) mass is 501 g/mol. The summed E-state index contributed by atoms with van der Waals surface area (Å²) in [4.78, 5) is 18.6. The molecule has 8 nitrogen and oxygen atoms in total. The van der Waals surface area contributed by atoms with Gasteiger partial charge in [0.05, 0.1) is 16.8 Å². The van der Waals surface area contributed by atoms with Crippen LogP contribution in [0.2, 0.25) is 0 Å². The molecule has 0 unspecified atom stereocenters. The van der Waals surface area contributed by atoms with Gasteiger partial charge in [-0.25, -0.2) is 14.4 Å². The smallest absolute Gasteiger partial charge is 0.229 e. The van der Waals surface area contributed by atoms with Crippen molar-refractivity contribution in [2.45, 2.75) is 38.2 Å². The fraction of sp³-hybridized carbons (Fsp3) is 0.393. The molecule has 37 heavy (non-hydrogen) atoms. The van der Waals surface area contributed by atoms with Crippen LogP contribution in [-0.2, 0) is 5.60 Å². The lowest BCUT2D eigenvalue weighted by atomic mass is 10.1. The number of piperazine rings is 1. The Balaban J connectivity index is 1.34. The van der Waals surface area contributed by atoms with E-state index in [2.05, 4.69) is 44.3 Å². The lowest BCUT2D eigenvalue weighted by molar-refractivity contribution is 0.0738. The summed E-state index contributed by atoms with van der Waals surface area (Å²) in [6.45, 7) is 7.51. The maximum Gasteiger partial charge on any atom is 0.229 e. The molecule has 0 bridgehead atoms. The van der Waals surface area contributed by atoms with Crippen LogP contribution in [0.3, 0.4) is 0 Å². The summed E-state index contributed by atoms with van der Waals surface area (Å²) >= 11 is 0. The molecule has 0 atom stereocenters. The minimum atomic E-state index is -1.12. The van der Waals surface area contributed by atoms with Gasteiger partial charge in [-0.3, -0.25) is 4.57 Å². The van der Waals surface area contributed by atoms with Gasteiger partial charge in [-0.1, -0.05) is 6.07 Å². The van der Waals surface area contributed by atoms with Gasteiger partial charge in [0.25, 0.3) is 0 Å². The molecule has 6 rings (SSSR count). The van der Waals surface area contributed by atoms with Crippen LogP contribution in [0.4, 0.5) is 21.7 Å². The molecule has 3 aromatic heterocycles. The van der Waals surface area contributed by atoms with Crippen molar-refractivity contribution in [3.8, 4) is 5.82 Å². The van der Waals surface area contributed by atoms with Gasteiger partial charge in [0.2, 0.25) is 5.95 Å². The Hall–Kier alpha value is -3.56. The van der Waals surface area contributed by atoms with Gasteiger partial charge in [0, 0.05) is 49.7 Å². The zero-order valence-corrected chi connectivity index (χ0v) is 21.4. The maximum atomic E-state index is 15.6. The summed E-state index contributed by atoms with van der Waals surface area (Å²) in [5.41, 5.74) is 2.50. The average molecular weight is 502 g/mol. The van der Waals surface area contributed by atoms with Crippen molar-refractivity contribution < 1.29 is 9.50 Å². The largest absolute Gasteiger partial charge is 0.384 e. The molecule has 1 saturated carbocycles. The highest BCUT2D eigenvalue weighted by Crippen LogP contribution is 2.45. The quantitative estimate of drug-likeness (QED) is 0.401. The van der Waals surface area contributed by atoms with Crippen LogP contribution < -0.4 is 10.2 Å². The minimum absolute atomic E-state index is 0.125. The second-order valence-corrected chi connectivity index (χ2v) is 10.6. The molecule has 2 aliphatic rings. The molecule has 0 radical (unpaired) electrons. The average Bonchev–Trinajstić information content (AvgIpc) is 3.68. The lowest BCUT2D eigenvalue weighted by Gasteiger charge is -2.34. The Morgan fingerprint density at radius 3 is 2.41 bits per heavy atom. The lowest BCUT2D eigenvalue weighted by Crippen LogP contribution is -2.44. The van der Waals surface area contributed by atoms with Crippen molar-refractivity contribution in [3.05, 3.63) is 65.9 Å². The van der Waals surface area contributed by atoms with Gasteiger partial charge in [-0.2, -0.15) is 4.98 Å². The standard InChI is InChI=1S/C28H32FN7O/c1-28(2,37)22-5-4-6-23(32-22)36-25(18-7-8-18)24(29)21-17-30-27(33-26(21)36)31-19-9-11-20(12-10-19)35-15-13-34(3)14-16-35/h4-6,9-12,17-18,37H,7-8,13-16H2,1-3H3,(H,30,31,33). The van der Waals surface area contributed by atoms with Crippen LogP contribution in [0.5, 0.6) is 0 Å². The van der Waals surface area contributed by atoms with Crippen LogP contribution in [0.15, 0.2) is 48.7 Å². The van der Waals surface area contributed by atoms with Gasteiger partial charge >= 0.3 is 0 Å². The van der Waals surface area contributed by atoms with E-state index in [-0.39, 0.29) is 11.7 Å². The molecule has 4 aromatic rings. The van der Waals surface area contributed by atoms with Crippen LogP contribution in [0.1, 0.15) is 44.0 Å². The first kappa shape index (κ1) is 23.8. The van der Waals surface area contributed by atoms with Crippen LogP contribution in [0.25, 0.3) is 16.9 Å². The highest BCUT2D eigenvalue weighted by molar-refractivity contribution is 5.81. The summed E-state index contributed by atoms with van der Waals surface area (Å²) < 4.78 is 17.4. The molecule has 192 valence electrons. The molecule has 1 aliphatic carbocycles. The molecular weight excluding hydrogens is 469 g/mol. The van der Waals surface area contributed by atoms with Crippen molar-refractivity contribution >= 4 is 28.4 Å². The molecule has 2 N–H and O–H groups in total. The number of anilines is 3. The minimum Gasteiger partial charge on any atom is -0.384 e. The van der Waals surface area contributed by atoms with Gasteiger partial charge in [0.15, 0.2) is 11.5 Å². The second kappa shape index (κ2) is 9.08. The molecular formula is C28H32FN7O. The summed E-state index contributed by atoms with van der Waals surface area (Å²) in [5, 5.41) is 14.2. The Kier molecular flexibility index (Phi) is 5.84. The predicted molar refractivity (Wildman–Crippen MR) is 143 cm³/mol. The Labute approximate surface area is 215 Å². The molecule has 1 saturated heterocycles. The van der Waals surface area contributed by atoms with Crippen LogP contribution in [0, 0.1) is 5.82 Å². The van der Waals surface area contributed by atoms with E-state index >= 15 is 4.39 Å². The van der Waals surface area contributed by atoms with Gasteiger partial charge in [0.1, 0.15) is 11.4 Å². The van der Waals surface area contributed by atoms with Crippen molar-refractivity contribution in [3.63, 3.8) is 0 Å². The number of pyridine rings is 1. The fourth-order valence-corrected chi connectivity index (χ4v) is 4.90. The second-order valence-electron chi connectivity index (χ2n) is 10.6. The summed E-state index contributed by atoms with van der Waals surface area (Å²) in [6.07, 6.45) is 3.40. The third-order valence-corrected chi connectivity index (χ3v) is 7.23. The molecule has 0 amide bonds. The van der Waals surface area contributed by atoms with Crippen LogP contribution >= 0.6 is 0 Å². The van der Waals surface area contributed by atoms with Gasteiger partial charge in [-0.15, -0.1) is 0 Å². The van der Waals surface area contributed by atoms with Gasteiger partial charge in [-0.05, 0) is 70.1 Å². The fourth-order valence-electron chi connectivity index (χ4n) is 4.90. The maximum absolute atomic E-state index is 15.6.